The van der Waals surface area contributed by atoms with E-state index in [1.807, 2.05) is 36.4 Å². The van der Waals surface area contributed by atoms with Crippen LogP contribution >= 0.6 is 0 Å². The van der Waals surface area contributed by atoms with E-state index in [0.29, 0.717) is 5.88 Å². The van der Waals surface area contributed by atoms with E-state index in [0.717, 1.165) is 49.3 Å². The SMILES string of the molecule is COc1ncccc1NCCCNCCc1cccc(C(C)(C)C(=O)O)c1. The van der Waals surface area contributed by atoms with Crippen molar-refractivity contribution in [1.29, 1.82) is 0 Å². The van der Waals surface area contributed by atoms with Crippen LogP contribution in [-0.2, 0) is 16.6 Å². The smallest absolute Gasteiger partial charge is 0.313 e. The Bertz CT molecular complexity index is 747. The number of methoxy groups -OCH3 is 1. The first-order valence-corrected chi connectivity index (χ1v) is 9.21. The van der Waals surface area contributed by atoms with E-state index in [9.17, 15) is 9.90 Å². The minimum atomic E-state index is -0.873. The van der Waals surface area contributed by atoms with Crippen LogP contribution in [-0.4, -0.2) is 42.8 Å². The van der Waals surface area contributed by atoms with Crippen LogP contribution in [0.4, 0.5) is 5.69 Å². The fourth-order valence-corrected chi connectivity index (χ4v) is 2.72. The highest BCUT2D eigenvalue weighted by Crippen LogP contribution is 2.24. The van der Waals surface area contributed by atoms with Crippen LogP contribution in [0.1, 0.15) is 31.4 Å². The molecule has 6 heteroatoms. The lowest BCUT2D eigenvalue weighted by molar-refractivity contribution is -0.142. The van der Waals surface area contributed by atoms with E-state index in [1.165, 1.54) is 0 Å². The molecule has 0 aliphatic heterocycles. The molecule has 0 bridgehead atoms. The number of aromatic nitrogens is 1. The van der Waals surface area contributed by atoms with E-state index in [4.69, 9.17) is 4.74 Å². The monoisotopic (exact) mass is 371 g/mol. The zero-order valence-electron chi connectivity index (χ0n) is 16.3. The molecule has 2 rings (SSSR count). The fourth-order valence-electron chi connectivity index (χ4n) is 2.72. The van der Waals surface area contributed by atoms with Gasteiger partial charge in [-0.1, -0.05) is 24.3 Å². The van der Waals surface area contributed by atoms with Crippen molar-refractivity contribution in [3.63, 3.8) is 0 Å². The molecule has 27 heavy (non-hydrogen) atoms. The number of hydrogen-bond acceptors (Lipinski definition) is 5. The van der Waals surface area contributed by atoms with Gasteiger partial charge in [0.1, 0.15) is 0 Å². The lowest BCUT2D eigenvalue weighted by Crippen LogP contribution is -2.28. The molecule has 0 fully saturated rings. The maximum Gasteiger partial charge on any atom is 0.313 e. The third-order valence-electron chi connectivity index (χ3n) is 4.58. The zero-order chi connectivity index (χ0) is 19.7. The number of ether oxygens (including phenoxy) is 1. The Morgan fingerprint density at radius 1 is 1.19 bits per heavy atom. The molecular weight excluding hydrogens is 342 g/mol. The van der Waals surface area contributed by atoms with Crippen molar-refractivity contribution in [2.45, 2.75) is 32.1 Å². The first-order valence-electron chi connectivity index (χ1n) is 9.21. The van der Waals surface area contributed by atoms with Gasteiger partial charge in [-0.3, -0.25) is 4.79 Å². The molecule has 0 amide bonds. The highest BCUT2D eigenvalue weighted by Gasteiger charge is 2.29. The van der Waals surface area contributed by atoms with Gasteiger partial charge in [0.2, 0.25) is 5.88 Å². The predicted molar refractivity (Wildman–Crippen MR) is 108 cm³/mol. The Kier molecular flexibility index (Phi) is 7.61. The van der Waals surface area contributed by atoms with E-state index >= 15 is 0 Å². The molecule has 0 atom stereocenters. The van der Waals surface area contributed by atoms with E-state index in [-0.39, 0.29) is 0 Å². The maximum atomic E-state index is 11.4. The minimum Gasteiger partial charge on any atom is -0.481 e. The first kappa shape index (κ1) is 20.7. The molecule has 0 unspecified atom stereocenters. The number of carboxylic acid groups (broad SMARTS) is 1. The number of anilines is 1. The largest absolute Gasteiger partial charge is 0.481 e. The molecule has 0 radical (unpaired) electrons. The van der Waals surface area contributed by atoms with Gasteiger partial charge in [0, 0.05) is 12.7 Å². The molecule has 1 aromatic heterocycles. The van der Waals surface area contributed by atoms with E-state index in [2.05, 4.69) is 15.6 Å². The fraction of sp³-hybridized carbons (Fsp3) is 0.429. The third-order valence-corrected chi connectivity index (χ3v) is 4.58. The Morgan fingerprint density at radius 2 is 2.00 bits per heavy atom. The normalized spacial score (nSPS) is 11.2. The summed E-state index contributed by atoms with van der Waals surface area (Å²) in [6, 6.07) is 11.7. The lowest BCUT2D eigenvalue weighted by atomic mass is 9.84. The number of pyridine rings is 1. The summed E-state index contributed by atoms with van der Waals surface area (Å²) in [4.78, 5) is 15.6. The Balaban J connectivity index is 1.69. The van der Waals surface area contributed by atoms with Crippen molar-refractivity contribution in [2.75, 3.05) is 32.1 Å². The van der Waals surface area contributed by atoms with Crippen molar-refractivity contribution < 1.29 is 14.6 Å². The number of carbonyl (C=O) groups is 1. The van der Waals surface area contributed by atoms with Gasteiger partial charge in [0.05, 0.1) is 18.2 Å². The molecule has 1 aromatic carbocycles. The molecular formula is C21H29N3O3. The van der Waals surface area contributed by atoms with Gasteiger partial charge in [-0.05, 0) is 63.0 Å². The Morgan fingerprint density at radius 3 is 2.74 bits per heavy atom. The van der Waals surface area contributed by atoms with Crippen LogP contribution in [0.25, 0.3) is 0 Å². The van der Waals surface area contributed by atoms with Gasteiger partial charge in [-0.15, -0.1) is 0 Å². The quantitative estimate of drug-likeness (QED) is 0.527. The highest BCUT2D eigenvalue weighted by atomic mass is 16.5. The number of nitrogens with zero attached hydrogens (tertiary/aromatic N) is 1. The van der Waals surface area contributed by atoms with Crippen LogP contribution in [0.5, 0.6) is 5.88 Å². The first-order chi connectivity index (χ1) is 12.9. The summed E-state index contributed by atoms with van der Waals surface area (Å²) < 4.78 is 5.21. The van der Waals surface area contributed by atoms with Crippen molar-refractivity contribution in [2.24, 2.45) is 0 Å². The van der Waals surface area contributed by atoms with Gasteiger partial charge in [0.25, 0.3) is 0 Å². The molecule has 6 nitrogen and oxygen atoms in total. The molecule has 0 saturated carbocycles. The number of rotatable bonds is 11. The Hall–Kier alpha value is -2.60. The summed E-state index contributed by atoms with van der Waals surface area (Å²) in [5, 5.41) is 16.1. The number of aliphatic carboxylic acids is 1. The summed E-state index contributed by atoms with van der Waals surface area (Å²) in [5.74, 6) is -0.204. The molecule has 3 N–H and O–H groups in total. The second-order valence-corrected chi connectivity index (χ2v) is 6.97. The topological polar surface area (TPSA) is 83.5 Å². The third kappa shape index (κ3) is 5.96. The second-order valence-electron chi connectivity index (χ2n) is 6.97. The van der Waals surface area contributed by atoms with Gasteiger partial charge in [0.15, 0.2) is 0 Å². The molecule has 0 spiro atoms. The molecule has 2 aromatic rings. The van der Waals surface area contributed by atoms with Crippen LogP contribution < -0.4 is 15.4 Å². The van der Waals surface area contributed by atoms with Gasteiger partial charge in [-0.2, -0.15) is 0 Å². The average Bonchev–Trinajstić information content (AvgIpc) is 2.67. The van der Waals surface area contributed by atoms with Crippen LogP contribution in [0.15, 0.2) is 42.6 Å². The van der Waals surface area contributed by atoms with Gasteiger partial charge in [-0.25, -0.2) is 4.98 Å². The minimum absolute atomic E-state index is 0.606. The van der Waals surface area contributed by atoms with Crippen molar-refractivity contribution in [3.8, 4) is 5.88 Å². The van der Waals surface area contributed by atoms with Crippen LogP contribution in [0, 0.1) is 0 Å². The highest BCUT2D eigenvalue weighted by molar-refractivity contribution is 5.80. The molecule has 0 aliphatic rings. The zero-order valence-corrected chi connectivity index (χ0v) is 16.3. The lowest BCUT2D eigenvalue weighted by Gasteiger charge is -2.20. The summed E-state index contributed by atoms with van der Waals surface area (Å²) in [6.07, 6.45) is 3.55. The Labute approximate surface area is 161 Å². The number of hydrogen-bond donors (Lipinski definition) is 3. The summed E-state index contributed by atoms with van der Waals surface area (Å²) in [6.45, 7) is 6.05. The second kappa shape index (κ2) is 9.92. The van der Waals surface area contributed by atoms with Crippen molar-refractivity contribution >= 4 is 11.7 Å². The number of nitrogens with one attached hydrogen (secondary N) is 2. The van der Waals surface area contributed by atoms with Crippen molar-refractivity contribution in [3.05, 3.63) is 53.7 Å². The van der Waals surface area contributed by atoms with Gasteiger partial charge >= 0.3 is 5.97 Å². The molecule has 1 heterocycles. The standard InChI is InChI=1S/C21H29N3O3/c1-21(2,20(25)26)17-8-4-7-16(15-17)10-14-22-11-6-13-23-18-9-5-12-24-19(18)27-3/h4-5,7-9,12,15,22-23H,6,10-11,13-14H2,1-3H3,(H,25,26). The summed E-state index contributed by atoms with van der Waals surface area (Å²) >= 11 is 0. The van der Waals surface area contributed by atoms with Crippen molar-refractivity contribution in [1.82, 2.24) is 10.3 Å². The van der Waals surface area contributed by atoms with Gasteiger partial charge < -0.3 is 20.5 Å². The molecule has 146 valence electrons. The summed E-state index contributed by atoms with van der Waals surface area (Å²) in [5.41, 5.74) is 2.01. The van der Waals surface area contributed by atoms with Crippen LogP contribution in [0.2, 0.25) is 0 Å². The van der Waals surface area contributed by atoms with E-state index in [1.54, 1.807) is 27.2 Å². The predicted octanol–water partition coefficient (Wildman–Crippen LogP) is 3.09. The maximum absolute atomic E-state index is 11.4. The van der Waals surface area contributed by atoms with E-state index < -0.39 is 11.4 Å². The number of carboxylic acids is 1. The van der Waals surface area contributed by atoms with Crippen LogP contribution in [0.3, 0.4) is 0 Å². The molecule has 0 aliphatic carbocycles. The molecule has 0 saturated heterocycles. The number of benzene rings is 1. The summed E-state index contributed by atoms with van der Waals surface area (Å²) in [7, 11) is 1.61. The average molecular weight is 371 g/mol.